The van der Waals surface area contributed by atoms with Crippen LogP contribution in [0.25, 0.3) is 0 Å². The van der Waals surface area contributed by atoms with E-state index in [1.54, 1.807) is 30.4 Å². The van der Waals surface area contributed by atoms with Crippen LogP contribution in [-0.2, 0) is 4.79 Å². The van der Waals surface area contributed by atoms with Gasteiger partial charge in [0.05, 0.1) is 0 Å². The minimum absolute atomic E-state index is 0.0342. The molecule has 1 N–H and O–H groups in total. The molecule has 1 aromatic rings. The summed E-state index contributed by atoms with van der Waals surface area (Å²) in [6, 6.07) is 2.11. The Labute approximate surface area is 141 Å². The van der Waals surface area contributed by atoms with Crippen LogP contribution < -0.4 is 10.1 Å². The van der Waals surface area contributed by atoms with Crippen molar-refractivity contribution in [3.8, 4) is 6.01 Å². The Hall–Kier alpha value is -2.38. The lowest BCUT2D eigenvalue weighted by atomic mass is 10.1. The number of hydrogen-bond donors (Lipinski definition) is 1. The number of likely N-dealkylation sites (N-methyl/N-ethyl adjacent to an activating group) is 1. The van der Waals surface area contributed by atoms with Crippen LogP contribution in [0.1, 0.15) is 25.7 Å². The maximum Gasteiger partial charge on any atom is 0.317 e. The molecular weight excluding hydrogens is 310 g/mol. The van der Waals surface area contributed by atoms with Crippen molar-refractivity contribution >= 4 is 11.9 Å². The van der Waals surface area contributed by atoms with Gasteiger partial charge < -0.3 is 19.9 Å². The van der Waals surface area contributed by atoms with E-state index in [0.29, 0.717) is 38.5 Å². The predicted molar refractivity (Wildman–Crippen MR) is 86.4 cm³/mol. The summed E-state index contributed by atoms with van der Waals surface area (Å²) in [5.74, 6) is 0.140. The van der Waals surface area contributed by atoms with Crippen molar-refractivity contribution in [1.82, 2.24) is 25.1 Å². The van der Waals surface area contributed by atoms with Gasteiger partial charge >= 0.3 is 12.0 Å². The van der Waals surface area contributed by atoms with Gasteiger partial charge in [-0.25, -0.2) is 14.8 Å². The number of nitrogens with zero attached hydrogens (tertiary/aromatic N) is 4. The fourth-order valence-electron chi connectivity index (χ4n) is 3.07. The van der Waals surface area contributed by atoms with E-state index in [1.165, 1.54) is 0 Å². The predicted octanol–water partition coefficient (Wildman–Crippen LogP) is 0.650. The number of hydrogen-bond acceptors (Lipinski definition) is 5. The third-order valence-corrected chi connectivity index (χ3v) is 4.50. The van der Waals surface area contributed by atoms with Crippen molar-refractivity contribution < 1.29 is 14.3 Å². The third-order valence-electron chi connectivity index (χ3n) is 4.50. The van der Waals surface area contributed by atoms with E-state index in [4.69, 9.17) is 4.74 Å². The lowest BCUT2D eigenvalue weighted by Gasteiger charge is -2.35. The monoisotopic (exact) mass is 333 g/mol. The number of amides is 3. The fraction of sp³-hybridized carbons (Fsp3) is 0.625. The van der Waals surface area contributed by atoms with Gasteiger partial charge in [-0.05, 0) is 12.5 Å². The highest BCUT2D eigenvalue weighted by atomic mass is 16.5. The average molecular weight is 333 g/mol. The highest BCUT2D eigenvalue weighted by molar-refractivity contribution is 5.78. The molecule has 8 nitrogen and oxygen atoms in total. The highest BCUT2D eigenvalue weighted by Crippen LogP contribution is 2.16. The van der Waals surface area contributed by atoms with Crippen molar-refractivity contribution in [3.05, 3.63) is 18.5 Å². The van der Waals surface area contributed by atoms with Crippen LogP contribution in [0.3, 0.4) is 0 Å². The van der Waals surface area contributed by atoms with Gasteiger partial charge in [-0.3, -0.25) is 4.79 Å². The van der Waals surface area contributed by atoms with Crippen LogP contribution in [-0.4, -0.2) is 70.5 Å². The second kappa shape index (κ2) is 7.46. The smallest absolute Gasteiger partial charge is 0.317 e. The molecule has 0 spiro atoms. The molecule has 0 saturated carbocycles. The second-order valence-corrected chi connectivity index (χ2v) is 6.29. The molecule has 130 valence electrons. The third kappa shape index (κ3) is 4.12. The van der Waals surface area contributed by atoms with E-state index in [9.17, 15) is 9.59 Å². The molecule has 3 amide bonds. The van der Waals surface area contributed by atoms with Gasteiger partial charge in [-0.1, -0.05) is 0 Å². The molecule has 0 aliphatic carbocycles. The lowest BCUT2D eigenvalue weighted by Crippen LogP contribution is -2.53. The molecule has 0 unspecified atom stereocenters. The van der Waals surface area contributed by atoms with E-state index in [2.05, 4.69) is 15.3 Å². The maximum absolute atomic E-state index is 12.4. The van der Waals surface area contributed by atoms with Crippen molar-refractivity contribution in [1.29, 1.82) is 0 Å². The zero-order chi connectivity index (χ0) is 16.9. The zero-order valence-corrected chi connectivity index (χ0v) is 13.9. The highest BCUT2D eigenvalue weighted by Gasteiger charge is 2.28. The first-order valence-electron chi connectivity index (χ1n) is 8.35. The first-order chi connectivity index (χ1) is 11.6. The van der Waals surface area contributed by atoms with Crippen molar-refractivity contribution in [3.63, 3.8) is 0 Å². The van der Waals surface area contributed by atoms with E-state index in [0.717, 1.165) is 12.8 Å². The number of rotatable bonds is 3. The Morgan fingerprint density at radius 3 is 2.62 bits per heavy atom. The summed E-state index contributed by atoms with van der Waals surface area (Å²) in [5.41, 5.74) is 0. The minimum Gasteiger partial charge on any atom is -0.460 e. The Bertz CT molecular complexity index is 574. The van der Waals surface area contributed by atoms with Gasteiger partial charge in [0.15, 0.2) is 0 Å². The van der Waals surface area contributed by atoms with E-state index in [-0.39, 0.29) is 24.1 Å². The number of urea groups is 1. The number of carbonyl (C=O) groups excluding carboxylic acids is 2. The molecule has 2 saturated heterocycles. The Morgan fingerprint density at radius 1 is 1.25 bits per heavy atom. The van der Waals surface area contributed by atoms with Crippen molar-refractivity contribution in [2.75, 3.05) is 26.7 Å². The average Bonchev–Trinajstić information content (AvgIpc) is 2.60. The first-order valence-corrected chi connectivity index (χ1v) is 8.35. The normalized spacial score (nSPS) is 22.4. The van der Waals surface area contributed by atoms with E-state index in [1.807, 2.05) is 4.90 Å². The van der Waals surface area contributed by atoms with Crippen molar-refractivity contribution in [2.45, 2.75) is 37.8 Å². The molecule has 0 bridgehead atoms. The molecule has 3 rings (SSSR count). The molecule has 0 radical (unpaired) electrons. The molecule has 0 aromatic carbocycles. The molecule has 24 heavy (non-hydrogen) atoms. The van der Waals surface area contributed by atoms with E-state index >= 15 is 0 Å². The summed E-state index contributed by atoms with van der Waals surface area (Å²) in [5, 5.41) is 3.03. The lowest BCUT2D eigenvalue weighted by molar-refractivity contribution is -0.132. The number of likely N-dealkylation sites (tertiary alicyclic amines) is 2. The van der Waals surface area contributed by atoms with E-state index < -0.39 is 0 Å². The SMILES string of the molecule is CN1C[C@H](NC(=O)N2CCC(Oc3ncccn3)CC2)CCC1=O. The molecule has 1 aromatic heterocycles. The van der Waals surface area contributed by atoms with Crippen LogP contribution in [0.5, 0.6) is 6.01 Å². The van der Waals surface area contributed by atoms with Gasteiger partial charge in [0.2, 0.25) is 5.91 Å². The van der Waals surface area contributed by atoms with Gasteiger partial charge in [-0.2, -0.15) is 0 Å². The van der Waals surface area contributed by atoms with Crippen LogP contribution in [0.4, 0.5) is 4.79 Å². The number of aromatic nitrogens is 2. The summed E-state index contributed by atoms with van der Waals surface area (Å²) < 4.78 is 5.73. The Balaban J connectivity index is 1.43. The summed E-state index contributed by atoms with van der Waals surface area (Å²) in [6.45, 7) is 1.87. The molecular formula is C16H23N5O3. The van der Waals surface area contributed by atoms with Gasteiger partial charge in [-0.15, -0.1) is 0 Å². The van der Waals surface area contributed by atoms with Crippen LogP contribution >= 0.6 is 0 Å². The first kappa shape index (κ1) is 16.5. The summed E-state index contributed by atoms with van der Waals surface area (Å²) in [4.78, 5) is 35.5. The molecule has 2 fully saturated rings. The minimum atomic E-state index is -0.0582. The maximum atomic E-state index is 12.4. The number of carbonyl (C=O) groups is 2. The van der Waals surface area contributed by atoms with Crippen LogP contribution in [0.15, 0.2) is 18.5 Å². The standard InChI is InChI=1S/C16H23N5O3/c1-20-11-12(3-4-14(20)22)19-16(23)21-9-5-13(6-10-21)24-15-17-7-2-8-18-15/h2,7-8,12-13H,3-6,9-11H2,1H3,(H,19,23)/t12-/m1/s1. The summed E-state index contributed by atoms with van der Waals surface area (Å²) in [6.07, 6.45) is 6.06. The topological polar surface area (TPSA) is 87.7 Å². The molecule has 2 aliphatic heterocycles. The Kier molecular flexibility index (Phi) is 5.12. The van der Waals surface area contributed by atoms with Crippen LogP contribution in [0, 0.1) is 0 Å². The van der Waals surface area contributed by atoms with Gasteiger partial charge in [0.25, 0.3) is 0 Å². The number of piperidine rings is 2. The molecule has 8 heteroatoms. The van der Waals surface area contributed by atoms with Crippen molar-refractivity contribution in [2.24, 2.45) is 0 Å². The molecule has 1 atom stereocenters. The summed E-state index contributed by atoms with van der Waals surface area (Å²) >= 11 is 0. The zero-order valence-electron chi connectivity index (χ0n) is 13.9. The largest absolute Gasteiger partial charge is 0.460 e. The number of nitrogens with one attached hydrogen (secondary N) is 1. The summed E-state index contributed by atoms with van der Waals surface area (Å²) in [7, 11) is 1.77. The molecule has 3 heterocycles. The van der Waals surface area contributed by atoms with Crippen LogP contribution in [0.2, 0.25) is 0 Å². The second-order valence-electron chi connectivity index (χ2n) is 6.29. The molecule has 2 aliphatic rings. The quantitative estimate of drug-likeness (QED) is 0.877. The number of ether oxygens (including phenoxy) is 1. The fourth-order valence-corrected chi connectivity index (χ4v) is 3.07. The van der Waals surface area contributed by atoms with Gasteiger partial charge in [0, 0.05) is 64.4 Å². The Morgan fingerprint density at radius 2 is 1.96 bits per heavy atom. The van der Waals surface area contributed by atoms with Gasteiger partial charge in [0.1, 0.15) is 6.10 Å².